The van der Waals surface area contributed by atoms with E-state index in [1.165, 1.54) is 11.3 Å². The molecule has 122 valence electrons. The monoisotopic (exact) mass is 343 g/mol. The van der Waals surface area contributed by atoms with Gasteiger partial charge in [-0.05, 0) is 34.5 Å². The van der Waals surface area contributed by atoms with Crippen molar-refractivity contribution in [2.45, 2.75) is 6.42 Å². The smallest absolute Gasteiger partial charge is 0.322 e. The molecular formula is C16H13N3O4S. The summed E-state index contributed by atoms with van der Waals surface area (Å²) in [7, 11) is 0. The van der Waals surface area contributed by atoms with E-state index in [0.717, 1.165) is 11.1 Å². The summed E-state index contributed by atoms with van der Waals surface area (Å²) in [4.78, 5) is 23.4. The summed E-state index contributed by atoms with van der Waals surface area (Å²) in [5.74, 6) is -0.726. The van der Waals surface area contributed by atoms with Crippen molar-refractivity contribution in [3.05, 3.63) is 52.7 Å². The molecule has 0 bridgehead atoms. The van der Waals surface area contributed by atoms with Crippen LogP contribution in [0.25, 0.3) is 11.5 Å². The molecule has 7 nitrogen and oxygen atoms in total. The van der Waals surface area contributed by atoms with Gasteiger partial charge in [0, 0.05) is 5.56 Å². The van der Waals surface area contributed by atoms with Gasteiger partial charge < -0.3 is 9.15 Å². The Morgan fingerprint density at radius 2 is 2.00 bits per heavy atom. The molecule has 0 atom stereocenters. The maximum atomic E-state index is 11.8. The van der Waals surface area contributed by atoms with Crippen molar-refractivity contribution in [3.63, 3.8) is 0 Å². The van der Waals surface area contributed by atoms with E-state index in [2.05, 4.69) is 15.5 Å². The largest absolute Gasteiger partial charge is 0.455 e. The van der Waals surface area contributed by atoms with E-state index in [-0.39, 0.29) is 12.4 Å². The van der Waals surface area contributed by atoms with Crippen molar-refractivity contribution in [1.29, 1.82) is 0 Å². The Morgan fingerprint density at radius 1 is 1.17 bits per heavy atom. The molecule has 0 aliphatic rings. The van der Waals surface area contributed by atoms with Gasteiger partial charge in [-0.15, -0.1) is 5.10 Å². The summed E-state index contributed by atoms with van der Waals surface area (Å²) in [6.45, 7) is -0.411. The number of aromatic nitrogens is 2. The Kier molecular flexibility index (Phi) is 4.97. The Morgan fingerprint density at radius 3 is 2.75 bits per heavy atom. The van der Waals surface area contributed by atoms with Crippen LogP contribution in [-0.2, 0) is 20.7 Å². The van der Waals surface area contributed by atoms with Crippen LogP contribution in [0.3, 0.4) is 0 Å². The van der Waals surface area contributed by atoms with E-state index in [0.29, 0.717) is 5.89 Å². The Labute approximate surface area is 141 Å². The van der Waals surface area contributed by atoms with Crippen molar-refractivity contribution in [2.24, 2.45) is 0 Å². The Bertz CT molecular complexity index is 815. The van der Waals surface area contributed by atoms with Gasteiger partial charge in [0.05, 0.1) is 6.42 Å². The van der Waals surface area contributed by atoms with E-state index in [4.69, 9.17) is 9.15 Å². The van der Waals surface area contributed by atoms with Crippen LogP contribution in [0.5, 0.6) is 0 Å². The van der Waals surface area contributed by atoms with Crippen molar-refractivity contribution >= 4 is 29.2 Å². The maximum Gasteiger partial charge on any atom is 0.322 e. The van der Waals surface area contributed by atoms with Crippen molar-refractivity contribution in [1.82, 2.24) is 10.2 Å². The lowest BCUT2D eigenvalue weighted by atomic mass is 10.2. The van der Waals surface area contributed by atoms with Crippen LogP contribution in [0.15, 0.2) is 51.6 Å². The normalized spacial score (nSPS) is 10.3. The molecule has 0 saturated carbocycles. The fourth-order valence-electron chi connectivity index (χ4n) is 1.88. The lowest BCUT2D eigenvalue weighted by molar-refractivity contribution is -0.146. The minimum Gasteiger partial charge on any atom is -0.455 e. The van der Waals surface area contributed by atoms with Gasteiger partial charge in [0.25, 0.3) is 5.91 Å². The van der Waals surface area contributed by atoms with Crippen LogP contribution in [0, 0.1) is 0 Å². The quantitative estimate of drug-likeness (QED) is 0.691. The molecule has 3 rings (SSSR count). The molecule has 24 heavy (non-hydrogen) atoms. The number of rotatable bonds is 6. The number of nitrogens with zero attached hydrogens (tertiary/aromatic N) is 2. The number of thiophene rings is 1. The van der Waals surface area contributed by atoms with Gasteiger partial charge in [-0.3, -0.25) is 14.9 Å². The fourth-order valence-corrected chi connectivity index (χ4v) is 2.55. The van der Waals surface area contributed by atoms with Crippen molar-refractivity contribution in [3.8, 4) is 11.5 Å². The number of anilines is 1. The summed E-state index contributed by atoms with van der Waals surface area (Å²) >= 11 is 1.49. The van der Waals surface area contributed by atoms with Crippen molar-refractivity contribution < 1.29 is 18.7 Å². The first kappa shape index (κ1) is 15.9. The zero-order chi connectivity index (χ0) is 16.8. The van der Waals surface area contributed by atoms with Gasteiger partial charge >= 0.3 is 12.0 Å². The molecule has 8 heteroatoms. The van der Waals surface area contributed by atoms with Gasteiger partial charge in [-0.1, -0.05) is 23.3 Å². The highest BCUT2D eigenvalue weighted by Crippen LogP contribution is 2.18. The molecule has 0 unspecified atom stereocenters. The van der Waals surface area contributed by atoms with Gasteiger partial charge in [-0.25, -0.2) is 0 Å². The fraction of sp³-hybridized carbons (Fsp3) is 0.125. The van der Waals surface area contributed by atoms with Gasteiger partial charge in [-0.2, -0.15) is 11.3 Å². The second-order valence-corrected chi connectivity index (χ2v) is 5.58. The van der Waals surface area contributed by atoms with Crippen LogP contribution in [-0.4, -0.2) is 28.7 Å². The number of hydrogen-bond acceptors (Lipinski definition) is 7. The molecule has 0 radical (unpaired) electrons. The molecular weight excluding hydrogens is 330 g/mol. The Hall–Kier alpha value is -3.00. The standard InChI is InChI=1S/C16H13N3O4S/c20-13(9-22-14(21)8-11-6-7-24-10-11)17-16-19-18-15(23-16)12-4-2-1-3-5-12/h1-7,10H,8-9H2,(H,17,19,20). The second-order valence-electron chi connectivity index (χ2n) is 4.80. The van der Waals surface area contributed by atoms with Gasteiger partial charge in [0.15, 0.2) is 6.61 Å². The molecule has 1 aromatic carbocycles. The molecule has 2 heterocycles. The molecule has 0 saturated heterocycles. The zero-order valence-corrected chi connectivity index (χ0v) is 13.3. The average molecular weight is 343 g/mol. The number of ether oxygens (including phenoxy) is 1. The van der Waals surface area contributed by atoms with Crippen LogP contribution in [0.4, 0.5) is 6.01 Å². The predicted octanol–water partition coefficient (Wildman–Crippen LogP) is 2.52. The third-order valence-electron chi connectivity index (χ3n) is 2.98. The summed E-state index contributed by atoms with van der Waals surface area (Å²) in [5, 5.41) is 13.7. The molecule has 2 aromatic heterocycles. The molecule has 1 N–H and O–H groups in total. The number of esters is 1. The molecule has 0 spiro atoms. The number of carbonyl (C=O) groups is 2. The number of carbonyl (C=O) groups excluding carboxylic acids is 2. The van der Waals surface area contributed by atoms with Gasteiger partial charge in [0.1, 0.15) is 0 Å². The summed E-state index contributed by atoms with van der Waals surface area (Å²) < 4.78 is 10.2. The molecule has 0 aliphatic heterocycles. The first-order chi connectivity index (χ1) is 11.7. The average Bonchev–Trinajstić information content (AvgIpc) is 3.26. The van der Waals surface area contributed by atoms with Crippen LogP contribution in [0.1, 0.15) is 5.56 Å². The van der Waals surface area contributed by atoms with E-state index in [1.807, 2.05) is 47.2 Å². The molecule has 3 aromatic rings. The zero-order valence-electron chi connectivity index (χ0n) is 12.5. The highest BCUT2D eigenvalue weighted by Gasteiger charge is 2.13. The third kappa shape index (κ3) is 4.26. The number of nitrogens with one attached hydrogen (secondary N) is 1. The van der Waals surface area contributed by atoms with E-state index in [1.54, 1.807) is 0 Å². The highest BCUT2D eigenvalue weighted by molar-refractivity contribution is 7.07. The summed E-state index contributed by atoms with van der Waals surface area (Å²) in [6, 6.07) is 10.9. The van der Waals surface area contributed by atoms with Crippen LogP contribution >= 0.6 is 11.3 Å². The lowest BCUT2D eigenvalue weighted by Gasteiger charge is -2.03. The molecule has 1 amide bonds. The van der Waals surface area contributed by atoms with E-state index in [9.17, 15) is 9.59 Å². The first-order valence-electron chi connectivity index (χ1n) is 7.06. The Balaban J connectivity index is 1.48. The van der Waals surface area contributed by atoms with E-state index < -0.39 is 18.5 Å². The van der Waals surface area contributed by atoms with Crippen LogP contribution < -0.4 is 5.32 Å². The second kappa shape index (κ2) is 7.51. The maximum absolute atomic E-state index is 11.8. The van der Waals surface area contributed by atoms with Crippen LogP contribution in [0.2, 0.25) is 0 Å². The number of benzene rings is 1. The number of amides is 1. The molecule has 0 aliphatic carbocycles. The summed E-state index contributed by atoms with van der Waals surface area (Å²) in [5.41, 5.74) is 1.60. The van der Waals surface area contributed by atoms with E-state index >= 15 is 0 Å². The first-order valence-corrected chi connectivity index (χ1v) is 8.00. The molecule has 0 fully saturated rings. The number of hydrogen-bond donors (Lipinski definition) is 1. The summed E-state index contributed by atoms with van der Waals surface area (Å²) in [6.07, 6.45) is 0.134. The minimum atomic E-state index is -0.545. The van der Waals surface area contributed by atoms with Gasteiger partial charge in [0.2, 0.25) is 5.89 Å². The SMILES string of the molecule is O=C(COC(=O)Cc1ccsc1)Nc1nnc(-c2ccccc2)o1. The minimum absolute atomic E-state index is 0.0484. The predicted molar refractivity (Wildman–Crippen MR) is 87.3 cm³/mol. The topological polar surface area (TPSA) is 94.3 Å². The van der Waals surface area contributed by atoms with Crippen molar-refractivity contribution in [2.75, 3.05) is 11.9 Å². The third-order valence-corrected chi connectivity index (χ3v) is 3.72. The lowest BCUT2D eigenvalue weighted by Crippen LogP contribution is -2.21. The highest BCUT2D eigenvalue weighted by atomic mass is 32.1.